The van der Waals surface area contributed by atoms with Crippen LogP contribution < -0.4 is 4.74 Å². The second kappa shape index (κ2) is 5.03. The molecule has 0 amide bonds. The van der Waals surface area contributed by atoms with Gasteiger partial charge >= 0.3 is 0 Å². The molecule has 0 saturated carbocycles. The van der Waals surface area contributed by atoms with Crippen LogP contribution in [-0.4, -0.2) is 18.5 Å². The molecule has 4 heteroatoms. The van der Waals surface area contributed by atoms with Crippen LogP contribution in [0, 0.1) is 6.92 Å². The number of phenolic OH excluding ortho intramolecular Hbond substituents is 1. The van der Waals surface area contributed by atoms with E-state index in [-0.39, 0.29) is 10.8 Å². The van der Waals surface area contributed by atoms with Crippen LogP contribution in [0.5, 0.6) is 11.5 Å². The van der Waals surface area contributed by atoms with Crippen LogP contribution in [0.1, 0.15) is 17.5 Å². The zero-order valence-electron chi connectivity index (χ0n) is 8.71. The van der Waals surface area contributed by atoms with Gasteiger partial charge in [-0.05, 0) is 30.5 Å². The summed E-state index contributed by atoms with van der Waals surface area (Å²) in [5.74, 6) is 0.290. The second-order valence-electron chi connectivity index (χ2n) is 3.24. The van der Waals surface area contributed by atoms with Crippen molar-refractivity contribution in [1.29, 1.82) is 0 Å². The maximum atomic E-state index is 10.3. The first-order valence-electron chi connectivity index (χ1n) is 4.60. The molecule has 0 saturated heterocycles. The molecule has 0 unspecified atom stereocenters. The molecule has 0 radical (unpaired) electrons. The largest absolute Gasteiger partial charge is 0.503 e. The normalized spacial score (nSPS) is 10.1. The topological polar surface area (TPSA) is 46.5 Å². The van der Waals surface area contributed by atoms with Crippen molar-refractivity contribution >= 4 is 17.9 Å². The minimum atomic E-state index is -0.0642. The first kappa shape index (κ1) is 11.9. The van der Waals surface area contributed by atoms with E-state index in [1.165, 1.54) is 7.11 Å². The number of benzene rings is 1. The highest BCUT2D eigenvalue weighted by atomic mass is 35.5. The van der Waals surface area contributed by atoms with E-state index in [1.807, 2.05) is 6.92 Å². The third-order valence-corrected chi connectivity index (χ3v) is 2.67. The lowest BCUT2D eigenvalue weighted by molar-refractivity contribution is -0.107. The standard InChI is InChI=1S/C11H13ClO3/c1-7-6-9(15-2)11(14)10(12)8(7)4-3-5-13/h5-6,14H,3-4H2,1-2H3. The quantitative estimate of drug-likeness (QED) is 0.806. The Morgan fingerprint density at radius 1 is 1.60 bits per heavy atom. The van der Waals surface area contributed by atoms with E-state index in [1.54, 1.807) is 6.07 Å². The zero-order valence-corrected chi connectivity index (χ0v) is 9.47. The number of carbonyl (C=O) groups is 1. The molecule has 1 aromatic rings. The number of aromatic hydroxyl groups is 1. The monoisotopic (exact) mass is 228 g/mol. The van der Waals surface area contributed by atoms with Gasteiger partial charge in [-0.2, -0.15) is 0 Å². The van der Waals surface area contributed by atoms with Gasteiger partial charge in [0, 0.05) is 6.42 Å². The summed E-state index contributed by atoms with van der Waals surface area (Å²) in [5.41, 5.74) is 1.71. The van der Waals surface area contributed by atoms with Gasteiger partial charge in [-0.1, -0.05) is 11.6 Å². The molecule has 0 heterocycles. The predicted octanol–water partition coefficient (Wildman–Crippen LogP) is 2.49. The van der Waals surface area contributed by atoms with Crippen LogP contribution in [0.4, 0.5) is 0 Å². The minimum Gasteiger partial charge on any atom is -0.503 e. The number of ether oxygens (including phenoxy) is 1. The van der Waals surface area contributed by atoms with Gasteiger partial charge in [0.05, 0.1) is 12.1 Å². The second-order valence-corrected chi connectivity index (χ2v) is 3.62. The van der Waals surface area contributed by atoms with Gasteiger partial charge in [-0.15, -0.1) is 0 Å². The number of phenols is 1. The van der Waals surface area contributed by atoms with Gasteiger partial charge in [0.2, 0.25) is 0 Å². The number of aryl methyl sites for hydroxylation is 1. The Morgan fingerprint density at radius 2 is 2.27 bits per heavy atom. The Labute approximate surface area is 93.6 Å². The van der Waals surface area contributed by atoms with Crippen molar-refractivity contribution in [2.45, 2.75) is 19.8 Å². The molecular formula is C11H13ClO3. The van der Waals surface area contributed by atoms with Crippen LogP contribution in [-0.2, 0) is 11.2 Å². The molecule has 1 N–H and O–H groups in total. The average Bonchev–Trinajstić information content (AvgIpc) is 2.23. The van der Waals surface area contributed by atoms with E-state index in [0.29, 0.717) is 18.6 Å². The molecule has 0 aliphatic heterocycles. The van der Waals surface area contributed by atoms with Crippen molar-refractivity contribution in [2.75, 3.05) is 7.11 Å². The van der Waals surface area contributed by atoms with Crippen molar-refractivity contribution in [3.05, 3.63) is 22.2 Å². The molecule has 15 heavy (non-hydrogen) atoms. The van der Waals surface area contributed by atoms with Gasteiger partial charge in [0.25, 0.3) is 0 Å². The van der Waals surface area contributed by atoms with Crippen molar-refractivity contribution in [1.82, 2.24) is 0 Å². The predicted molar refractivity (Wildman–Crippen MR) is 58.8 cm³/mol. The molecule has 0 spiro atoms. The molecule has 0 fully saturated rings. The SMILES string of the molecule is COc1cc(C)c(CCC=O)c(Cl)c1O. The Bertz CT molecular complexity index is 375. The molecule has 1 aromatic carbocycles. The summed E-state index contributed by atoms with van der Waals surface area (Å²) < 4.78 is 4.96. The van der Waals surface area contributed by atoms with Crippen molar-refractivity contribution < 1.29 is 14.6 Å². The Morgan fingerprint density at radius 3 is 2.80 bits per heavy atom. The van der Waals surface area contributed by atoms with Crippen LogP contribution >= 0.6 is 11.6 Å². The first-order chi connectivity index (χ1) is 7.11. The van der Waals surface area contributed by atoms with Gasteiger partial charge < -0.3 is 14.6 Å². The van der Waals surface area contributed by atoms with Crippen LogP contribution in [0.3, 0.4) is 0 Å². The summed E-state index contributed by atoms with van der Waals surface area (Å²) in [6, 6.07) is 1.71. The summed E-state index contributed by atoms with van der Waals surface area (Å²) in [5, 5.41) is 9.93. The first-order valence-corrected chi connectivity index (χ1v) is 4.98. The van der Waals surface area contributed by atoms with E-state index in [9.17, 15) is 9.90 Å². The lowest BCUT2D eigenvalue weighted by Gasteiger charge is -2.12. The smallest absolute Gasteiger partial charge is 0.177 e. The van der Waals surface area contributed by atoms with E-state index >= 15 is 0 Å². The number of halogens is 1. The van der Waals surface area contributed by atoms with Crippen LogP contribution in [0.2, 0.25) is 5.02 Å². The highest BCUT2D eigenvalue weighted by molar-refractivity contribution is 6.33. The summed E-state index contributed by atoms with van der Waals surface area (Å²) in [4.78, 5) is 10.3. The average molecular weight is 229 g/mol. The zero-order chi connectivity index (χ0) is 11.4. The number of hydrogen-bond acceptors (Lipinski definition) is 3. The van der Waals surface area contributed by atoms with Gasteiger partial charge in [-0.25, -0.2) is 0 Å². The summed E-state index contributed by atoms with van der Waals surface area (Å²) in [6.45, 7) is 1.87. The third kappa shape index (κ3) is 2.42. The van der Waals surface area contributed by atoms with E-state index in [0.717, 1.165) is 17.4 Å². The third-order valence-electron chi connectivity index (χ3n) is 2.26. The maximum Gasteiger partial charge on any atom is 0.177 e. The van der Waals surface area contributed by atoms with Gasteiger partial charge in [-0.3, -0.25) is 0 Å². The summed E-state index contributed by atoms with van der Waals surface area (Å²) in [6.07, 6.45) is 1.76. The fourth-order valence-corrected chi connectivity index (χ4v) is 1.78. The molecule has 1 rings (SSSR count). The van der Waals surface area contributed by atoms with Crippen LogP contribution in [0.25, 0.3) is 0 Å². The number of carbonyl (C=O) groups excluding carboxylic acids is 1. The molecule has 82 valence electrons. The lowest BCUT2D eigenvalue weighted by atomic mass is 10.0. The molecule has 0 atom stereocenters. The molecule has 0 aliphatic carbocycles. The molecule has 0 aromatic heterocycles. The Balaban J connectivity index is 3.16. The van der Waals surface area contributed by atoms with E-state index in [2.05, 4.69) is 0 Å². The van der Waals surface area contributed by atoms with Crippen molar-refractivity contribution in [3.8, 4) is 11.5 Å². The van der Waals surface area contributed by atoms with Gasteiger partial charge in [0.15, 0.2) is 11.5 Å². The summed E-state index contributed by atoms with van der Waals surface area (Å²) >= 11 is 5.97. The number of rotatable bonds is 4. The molecule has 3 nitrogen and oxygen atoms in total. The van der Waals surface area contributed by atoms with E-state index in [4.69, 9.17) is 16.3 Å². The van der Waals surface area contributed by atoms with Crippen molar-refractivity contribution in [2.24, 2.45) is 0 Å². The highest BCUT2D eigenvalue weighted by Crippen LogP contribution is 2.38. The summed E-state index contributed by atoms with van der Waals surface area (Å²) in [7, 11) is 1.47. The molecule has 0 bridgehead atoms. The Kier molecular flexibility index (Phi) is 3.97. The number of methoxy groups -OCH3 is 1. The maximum absolute atomic E-state index is 10.3. The van der Waals surface area contributed by atoms with Crippen LogP contribution in [0.15, 0.2) is 6.07 Å². The molecule has 0 aliphatic rings. The highest BCUT2D eigenvalue weighted by Gasteiger charge is 2.14. The van der Waals surface area contributed by atoms with E-state index < -0.39 is 0 Å². The molecular weight excluding hydrogens is 216 g/mol. The lowest BCUT2D eigenvalue weighted by Crippen LogP contribution is -1.95. The number of aldehydes is 1. The van der Waals surface area contributed by atoms with Gasteiger partial charge in [0.1, 0.15) is 6.29 Å². The fourth-order valence-electron chi connectivity index (χ4n) is 1.44. The number of hydrogen-bond donors (Lipinski definition) is 1. The minimum absolute atomic E-state index is 0.0642. The van der Waals surface area contributed by atoms with Crippen molar-refractivity contribution in [3.63, 3.8) is 0 Å². The fraction of sp³-hybridized carbons (Fsp3) is 0.364. The Hall–Kier alpha value is -1.22.